The number of methoxy groups -OCH3 is 1. The predicted molar refractivity (Wildman–Crippen MR) is 63.3 cm³/mol. The van der Waals surface area contributed by atoms with Crippen LogP contribution in [0, 0.1) is 11.6 Å². The molecule has 2 aromatic carbocycles. The van der Waals surface area contributed by atoms with E-state index < -0.39 is 23.4 Å². The lowest BCUT2D eigenvalue weighted by Gasteiger charge is -2.11. The van der Waals surface area contributed by atoms with Crippen LogP contribution in [-0.2, 0) is 6.18 Å². The molecule has 2 rings (SSSR count). The van der Waals surface area contributed by atoms with Crippen LogP contribution >= 0.6 is 0 Å². The van der Waals surface area contributed by atoms with E-state index in [1.54, 1.807) is 0 Å². The fraction of sp³-hybridized carbons (Fsp3) is 0.143. The first kappa shape index (κ1) is 14.3. The van der Waals surface area contributed by atoms with Gasteiger partial charge in [0.05, 0.1) is 12.7 Å². The van der Waals surface area contributed by atoms with Crippen molar-refractivity contribution in [1.82, 2.24) is 0 Å². The van der Waals surface area contributed by atoms with Crippen molar-refractivity contribution in [3.63, 3.8) is 0 Å². The second-order valence-corrected chi connectivity index (χ2v) is 4.07. The van der Waals surface area contributed by atoms with Crippen molar-refractivity contribution >= 4 is 0 Å². The number of benzene rings is 2. The molecule has 0 saturated heterocycles. The van der Waals surface area contributed by atoms with Crippen LogP contribution in [0.25, 0.3) is 11.1 Å². The second kappa shape index (κ2) is 5.11. The number of halogens is 5. The average Bonchev–Trinajstić information content (AvgIpc) is 2.37. The molecule has 0 aliphatic heterocycles. The Balaban J connectivity index is 2.61. The van der Waals surface area contributed by atoms with E-state index in [2.05, 4.69) is 0 Å². The molecular formula is C14H9F5O. The van der Waals surface area contributed by atoms with Crippen LogP contribution in [0.2, 0.25) is 0 Å². The monoisotopic (exact) mass is 288 g/mol. The van der Waals surface area contributed by atoms with E-state index in [1.165, 1.54) is 19.2 Å². The van der Waals surface area contributed by atoms with Crippen molar-refractivity contribution in [3.05, 3.63) is 53.6 Å². The topological polar surface area (TPSA) is 9.23 Å². The molecule has 0 N–H and O–H groups in total. The maximum Gasteiger partial charge on any atom is 0.416 e. The lowest BCUT2D eigenvalue weighted by atomic mass is 10.0. The first-order valence-electron chi connectivity index (χ1n) is 5.53. The van der Waals surface area contributed by atoms with Crippen molar-refractivity contribution in [2.75, 3.05) is 7.11 Å². The Morgan fingerprint density at radius 3 is 2.25 bits per heavy atom. The van der Waals surface area contributed by atoms with E-state index in [0.29, 0.717) is 12.1 Å². The first-order valence-corrected chi connectivity index (χ1v) is 5.53. The second-order valence-electron chi connectivity index (χ2n) is 4.07. The molecule has 0 radical (unpaired) electrons. The molecule has 0 unspecified atom stereocenters. The molecule has 0 spiro atoms. The highest BCUT2D eigenvalue weighted by molar-refractivity contribution is 5.67. The third-order valence-corrected chi connectivity index (χ3v) is 2.71. The van der Waals surface area contributed by atoms with Gasteiger partial charge in [0.2, 0.25) is 0 Å². The van der Waals surface area contributed by atoms with Crippen molar-refractivity contribution < 1.29 is 26.7 Å². The molecule has 0 aromatic heterocycles. The number of hydrogen-bond donors (Lipinski definition) is 0. The van der Waals surface area contributed by atoms with Crippen molar-refractivity contribution in [2.45, 2.75) is 6.18 Å². The minimum absolute atomic E-state index is 0.158. The van der Waals surface area contributed by atoms with Crippen LogP contribution in [0.5, 0.6) is 5.75 Å². The van der Waals surface area contributed by atoms with Gasteiger partial charge in [-0.25, -0.2) is 8.78 Å². The Hall–Kier alpha value is -2.11. The lowest BCUT2D eigenvalue weighted by Crippen LogP contribution is -2.05. The van der Waals surface area contributed by atoms with Gasteiger partial charge in [0.1, 0.15) is 17.4 Å². The molecule has 0 aliphatic rings. The fourth-order valence-electron chi connectivity index (χ4n) is 1.76. The average molecular weight is 288 g/mol. The highest BCUT2D eigenvalue weighted by Gasteiger charge is 2.31. The third-order valence-electron chi connectivity index (χ3n) is 2.71. The zero-order chi connectivity index (χ0) is 14.9. The van der Waals surface area contributed by atoms with E-state index in [1.807, 2.05) is 0 Å². The van der Waals surface area contributed by atoms with Crippen LogP contribution in [0.15, 0.2) is 36.4 Å². The van der Waals surface area contributed by atoms with Crippen LogP contribution in [0.3, 0.4) is 0 Å². The summed E-state index contributed by atoms with van der Waals surface area (Å²) in [6.45, 7) is 0. The molecule has 2 aromatic rings. The normalized spacial score (nSPS) is 11.5. The van der Waals surface area contributed by atoms with Gasteiger partial charge >= 0.3 is 6.18 Å². The molecule has 0 atom stereocenters. The summed E-state index contributed by atoms with van der Waals surface area (Å²) in [6.07, 6.45) is -4.70. The number of ether oxygens (including phenoxy) is 1. The molecule has 0 heterocycles. The van der Waals surface area contributed by atoms with Crippen LogP contribution < -0.4 is 4.74 Å². The van der Waals surface area contributed by atoms with Gasteiger partial charge in [0.15, 0.2) is 0 Å². The smallest absolute Gasteiger partial charge is 0.416 e. The maximum absolute atomic E-state index is 13.7. The Morgan fingerprint density at radius 1 is 0.950 bits per heavy atom. The summed E-state index contributed by atoms with van der Waals surface area (Å²) < 4.78 is 69.7. The van der Waals surface area contributed by atoms with Gasteiger partial charge in [0, 0.05) is 5.56 Å². The summed E-state index contributed by atoms with van der Waals surface area (Å²) in [6, 6.07) is 5.48. The van der Waals surface area contributed by atoms with E-state index in [9.17, 15) is 22.0 Å². The summed E-state index contributed by atoms with van der Waals surface area (Å²) in [4.78, 5) is 0. The molecule has 6 heteroatoms. The van der Waals surface area contributed by atoms with Gasteiger partial charge < -0.3 is 4.74 Å². The lowest BCUT2D eigenvalue weighted by molar-refractivity contribution is -0.137. The zero-order valence-corrected chi connectivity index (χ0v) is 10.3. The number of rotatable bonds is 2. The van der Waals surface area contributed by atoms with Gasteiger partial charge in [-0.1, -0.05) is 0 Å². The minimum Gasteiger partial charge on any atom is -0.497 e. The summed E-state index contributed by atoms with van der Waals surface area (Å²) in [5, 5.41) is 0. The highest BCUT2D eigenvalue weighted by atomic mass is 19.4. The van der Waals surface area contributed by atoms with Gasteiger partial charge in [-0.15, -0.1) is 0 Å². The maximum atomic E-state index is 13.7. The molecule has 1 nitrogen and oxygen atoms in total. The van der Waals surface area contributed by atoms with Crippen molar-refractivity contribution in [2.24, 2.45) is 0 Å². The standard InChI is InChI=1S/C14H9F5O/c1-20-11-2-3-13(16)12(7-11)8-4-9(14(17,18)19)6-10(15)5-8/h2-7H,1H3. The van der Waals surface area contributed by atoms with E-state index >= 15 is 0 Å². The van der Waals surface area contributed by atoms with E-state index in [0.717, 1.165) is 12.1 Å². The Labute approximate surface area is 111 Å². The van der Waals surface area contributed by atoms with Crippen LogP contribution in [0.1, 0.15) is 5.56 Å². The SMILES string of the molecule is COc1ccc(F)c(-c2cc(F)cc(C(F)(F)F)c2)c1. The Kier molecular flexibility index (Phi) is 3.65. The zero-order valence-electron chi connectivity index (χ0n) is 10.3. The largest absolute Gasteiger partial charge is 0.497 e. The van der Waals surface area contributed by atoms with Gasteiger partial charge in [-0.3, -0.25) is 0 Å². The molecule has 0 amide bonds. The van der Waals surface area contributed by atoms with Gasteiger partial charge in [0.25, 0.3) is 0 Å². The molecule has 0 fully saturated rings. The molecule has 20 heavy (non-hydrogen) atoms. The minimum atomic E-state index is -4.70. The quantitative estimate of drug-likeness (QED) is 0.730. The Bertz CT molecular complexity index is 634. The first-order chi connectivity index (χ1) is 9.31. The number of alkyl halides is 3. The van der Waals surface area contributed by atoms with Crippen LogP contribution in [0.4, 0.5) is 22.0 Å². The fourth-order valence-corrected chi connectivity index (χ4v) is 1.76. The van der Waals surface area contributed by atoms with Crippen LogP contribution in [-0.4, -0.2) is 7.11 Å². The summed E-state index contributed by atoms with van der Waals surface area (Å²) in [5.41, 5.74) is -1.53. The Morgan fingerprint density at radius 2 is 1.65 bits per heavy atom. The molecule has 0 aliphatic carbocycles. The summed E-state index contributed by atoms with van der Waals surface area (Å²) >= 11 is 0. The number of hydrogen-bond acceptors (Lipinski definition) is 1. The molecular weight excluding hydrogens is 279 g/mol. The summed E-state index contributed by atoms with van der Waals surface area (Å²) in [7, 11) is 1.34. The van der Waals surface area contributed by atoms with E-state index in [-0.39, 0.29) is 16.9 Å². The third kappa shape index (κ3) is 2.89. The molecule has 0 saturated carbocycles. The van der Waals surface area contributed by atoms with E-state index in [4.69, 9.17) is 4.74 Å². The molecule has 0 bridgehead atoms. The highest BCUT2D eigenvalue weighted by Crippen LogP contribution is 2.34. The van der Waals surface area contributed by atoms with Gasteiger partial charge in [-0.05, 0) is 42.0 Å². The summed E-state index contributed by atoms with van der Waals surface area (Å²) in [5.74, 6) is -1.58. The van der Waals surface area contributed by atoms with Gasteiger partial charge in [-0.2, -0.15) is 13.2 Å². The van der Waals surface area contributed by atoms with Crippen molar-refractivity contribution in [1.29, 1.82) is 0 Å². The van der Waals surface area contributed by atoms with Crippen molar-refractivity contribution in [3.8, 4) is 16.9 Å². The predicted octanol–water partition coefficient (Wildman–Crippen LogP) is 4.66. The molecule has 106 valence electrons.